The molecule has 0 bridgehead atoms. The lowest BCUT2D eigenvalue weighted by Crippen LogP contribution is -2.32. The second-order valence-electron chi connectivity index (χ2n) is 7.67. The quantitative estimate of drug-likeness (QED) is 0.385. The van der Waals surface area contributed by atoms with E-state index in [9.17, 15) is 14.0 Å². The first-order valence-electron chi connectivity index (χ1n) is 10.4. The highest BCUT2D eigenvalue weighted by atomic mass is 32.1. The van der Waals surface area contributed by atoms with Crippen molar-refractivity contribution in [3.63, 3.8) is 0 Å². The zero-order chi connectivity index (χ0) is 23.5. The largest absolute Gasteiger partial charge is 0.366 e. The lowest BCUT2D eigenvalue weighted by Gasteiger charge is -2.12. The number of thiophene rings is 1. The number of aromatic nitrogens is 3. The van der Waals surface area contributed by atoms with Crippen molar-refractivity contribution in [3.05, 3.63) is 69.8 Å². The Morgan fingerprint density at radius 3 is 2.67 bits per heavy atom. The molecule has 4 N–H and O–H groups in total. The first-order valence-corrected chi connectivity index (χ1v) is 11.3. The van der Waals surface area contributed by atoms with Crippen LogP contribution in [0, 0.1) is 5.82 Å². The Bertz CT molecular complexity index is 1310. The molecule has 0 unspecified atom stereocenters. The van der Waals surface area contributed by atoms with Crippen LogP contribution < -0.4 is 16.4 Å². The summed E-state index contributed by atoms with van der Waals surface area (Å²) in [7, 11) is 0. The first kappa shape index (κ1) is 22.4. The van der Waals surface area contributed by atoms with E-state index in [4.69, 9.17) is 5.73 Å². The maximum absolute atomic E-state index is 13.0. The van der Waals surface area contributed by atoms with Crippen molar-refractivity contribution in [1.82, 2.24) is 25.2 Å². The maximum atomic E-state index is 13.0. The molecule has 3 aromatic heterocycles. The summed E-state index contributed by atoms with van der Waals surface area (Å²) in [5.41, 5.74) is 8.75. The standard InChI is InChI=1S/C23H23FN6O2S/c1-3-13(2)27-21(31)18-8-15(11-30-20(18)28-23(25)29-30)16-9-19(33-12-16)22(32)26-10-14-4-6-17(24)7-5-14/h4-9,11-13H,3,10H2,1-2H3,(H2,25,29)(H,26,32)(H,27,31)/t13-/m0/s1. The fourth-order valence-corrected chi connectivity index (χ4v) is 4.04. The minimum Gasteiger partial charge on any atom is -0.366 e. The van der Waals surface area contributed by atoms with Crippen LogP contribution >= 0.6 is 11.3 Å². The lowest BCUT2D eigenvalue weighted by atomic mass is 10.1. The van der Waals surface area contributed by atoms with Gasteiger partial charge in [-0.05, 0) is 54.1 Å². The monoisotopic (exact) mass is 466 g/mol. The number of carbonyl (C=O) groups excluding carboxylic acids is 2. The zero-order valence-corrected chi connectivity index (χ0v) is 18.9. The molecule has 3 heterocycles. The molecule has 0 radical (unpaired) electrons. The van der Waals surface area contributed by atoms with Gasteiger partial charge in [0.05, 0.1) is 10.4 Å². The van der Waals surface area contributed by atoms with E-state index in [1.54, 1.807) is 30.5 Å². The minimum absolute atomic E-state index is 0.000900. The van der Waals surface area contributed by atoms with E-state index in [0.29, 0.717) is 21.7 Å². The van der Waals surface area contributed by atoms with Gasteiger partial charge < -0.3 is 16.4 Å². The van der Waals surface area contributed by atoms with Crippen molar-refractivity contribution < 1.29 is 14.0 Å². The average molecular weight is 467 g/mol. The fraction of sp³-hybridized carbons (Fsp3) is 0.217. The number of hydrogen-bond acceptors (Lipinski definition) is 6. The van der Waals surface area contributed by atoms with Crippen LogP contribution in [0.1, 0.15) is 45.9 Å². The van der Waals surface area contributed by atoms with Crippen molar-refractivity contribution in [2.24, 2.45) is 0 Å². The Hall–Kier alpha value is -3.79. The minimum atomic E-state index is -0.323. The summed E-state index contributed by atoms with van der Waals surface area (Å²) in [5, 5.41) is 11.8. The van der Waals surface area contributed by atoms with Gasteiger partial charge in [-0.1, -0.05) is 19.1 Å². The number of halogens is 1. The molecule has 170 valence electrons. The van der Waals surface area contributed by atoms with E-state index in [1.165, 1.54) is 28.0 Å². The molecule has 0 saturated carbocycles. The third kappa shape index (κ3) is 5.01. The van der Waals surface area contributed by atoms with Crippen LogP contribution in [0.15, 0.2) is 48.0 Å². The molecular weight excluding hydrogens is 443 g/mol. The topological polar surface area (TPSA) is 114 Å². The van der Waals surface area contributed by atoms with E-state index in [1.807, 2.05) is 19.2 Å². The Morgan fingerprint density at radius 2 is 1.94 bits per heavy atom. The fourth-order valence-electron chi connectivity index (χ4n) is 3.21. The number of nitrogen functional groups attached to an aromatic ring is 1. The number of carbonyl (C=O) groups is 2. The van der Waals surface area contributed by atoms with Crippen LogP contribution in [0.4, 0.5) is 10.3 Å². The van der Waals surface area contributed by atoms with Gasteiger partial charge in [0, 0.05) is 24.3 Å². The summed E-state index contributed by atoms with van der Waals surface area (Å²) in [6.45, 7) is 4.20. The third-order valence-electron chi connectivity index (χ3n) is 5.21. The smallest absolute Gasteiger partial charge is 0.261 e. The van der Waals surface area contributed by atoms with Crippen LogP contribution in [0.2, 0.25) is 0 Å². The van der Waals surface area contributed by atoms with Crippen LogP contribution in [0.25, 0.3) is 16.8 Å². The number of nitrogens with zero attached hydrogens (tertiary/aromatic N) is 3. The van der Waals surface area contributed by atoms with Gasteiger partial charge in [-0.2, -0.15) is 4.98 Å². The van der Waals surface area contributed by atoms with E-state index >= 15 is 0 Å². The molecule has 8 nitrogen and oxygen atoms in total. The van der Waals surface area contributed by atoms with E-state index in [-0.39, 0.29) is 36.2 Å². The highest BCUT2D eigenvalue weighted by Gasteiger charge is 2.19. The van der Waals surface area contributed by atoms with Gasteiger partial charge in [-0.25, -0.2) is 8.91 Å². The highest BCUT2D eigenvalue weighted by molar-refractivity contribution is 7.12. The van der Waals surface area contributed by atoms with Crippen LogP contribution in [0.5, 0.6) is 0 Å². The predicted molar refractivity (Wildman–Crippen MR) is 126 cm³/mol. The number of fused-ring (bicyclic) bond motifs is 1. The van der Waals surface area contributed by atoms with Crippen LogP contribution in [-0.4, -0.2) is 32.5 Å². The number of nitrogens with one attached hydrogen (secondary N) is 2. The number of amides is 2. The van der Waals surface area contributed by atoms with Gasteiger partial charge in [0.2, 0.25) is 5.95 Å². The SMILES string of the molecule is CC[C@H](C)NC(=O)c1cc(-c2csc(C(=O)NCc3ccc(F)cc3)c2)cn2nc(N)nc12. The van der Waals surface area contributed by atoms with Crippen LogP contribution in [-0.2, 0) is 6.54 Å². The summed E-state index contributed by atoms with van der Waals surface area (Å²) in [5.74, 6) is -0.764. The Morgan fingerprint density at radius 1 is 1.18 bits per heavy atom. The first-order chi connectivity index (χ1) is 15.8. The lowest BCUT2D eigenvalue weighted by molar-refractivity contribution is 0.0936. The molecule has 0 aliphatic rings. The molecule has 1 atom stereocenters. The number of rotatable bonds is 7. The molecule has 10 heteroatoms. The molecule has 4 aromatic rings. The molecule has 4 rings (SSSR count). The van der Waals surface area contributed by atoms with Crippen molar-refractivity contribution in [3.8, 4) is 11.1 Å². The van der Waals surface area contributed by atoms with Crippen molar-refractivity contribution in [2.75, 3.05) is 5.73 Å². The van der Waals surface area contributed by atoms with Gasteiger partial charge in [-0.3, -0.25) is 9.59 Å². The molecule has 2 amide bonds. The second-order valence-corrected chi connectivity index (χ2v) is 8.58. The van der Waals surface area contributed by atoms with Gasteiger partial charge in [-0.15, -0.1) is 16.4 Å². The Balaban J connectivity index is 1.58. The van der Waals surface area contributed by atoms with Crippen molar-refractivity contribution >= 4 is 34.7 Å². The molecule has 0 aliphatic heterocycles. The van der Waals surface area contributed by atoms with Gasteiger partial charge in [0.1, 0.15) is 5.82 Å². The summed E-state index contributed by atoms with van der Waals surface area (Å²) < 4.78 is 14.5. The number of benzene rings is 1. The van der Waals surface area contributed by atoms with Gasteiger partial charge >= 0.3 is 0 Å². The maximum Gasteiger partial charge on any atom is 0.261 e. The molecule has 33 heavy (non-hydrogen) atoms. The number of anilines is 1. The zero-order valence-electron chi connectivity index (χ0n) is 18.1. The molecule has 0 saturated heterocycles. The second kappa shape index (κ2) is 9.37. The molecule has 0 aliphatic carbocycles. The number of pyridine rings is 1. The van der Waals surface area contributed by atoms with Crippen molar-refractivity contribution in [1.29, 1.82) is 0 Å². The van der Waals surface area contributed by atoms with E-state index in [0.717, 1.165) is 17.5 Å². The van der Waals surface area contributed by atoms with E-state index < -0.39 is 0 Å². The van der Waals surface area contributed by atoms with Gasteiger partial charge in [0.15, 0.2) is 5.65 Å². The summed E-state index contributed by atoms with van der Waals surface area (Å²) in [6, 6.07) is 9.44. The summed E-state index contributed by atoms with van der Waals surface area (Å²) >= 11 is 1.29. The Kier molecular flexibility index (Phi) is 6.36. The highest BCUT2D eigenvalue weighted by Crippen LogP contribution is 2.28. The van der Waals surface area contributed by atoms with Gasteiger partial charge in [0.25, 0.3) is 11.8 Å². The Labute approximate surface area is 193 Å². The summed E-state index contributed by atoms with van der Waals surface area (Å²) in [6.07, 6.45) is 2.51. The molecule has 1 aromatic carbocycles. The number of nitrogens with two attached hydrogens (primary N) is 1. The average Bonchev–Trinajstić information content (AvgIpc) is 3.43. The van der Waals surface area contributed by atoms with Crippen LogP contribution in [0.3, 0.4) is 0 Å². The van der Waals surface area contributed by atoms with E-state index in [2.05, 4.69) is 20.7 Å². The number of hydrogen-bond donors (Lipinski definition) is 3. The van der Waals surface area contributed by atoms with Crippen molar-refractivity contribution in [2.45, 2.75) is 32.9 Å². The molecule has 0 spiro atoms. The summed E-state index contributed by atoms with van der Waals surface area (Å²) in [4.78, 5) is 30.1. The molecule has 0 fully saturated rings. The third-order valence-corrected chi connectivity index (χ3v) is 6.14. The normalized spacial score (nSPS) is 12.0. The predicted octanol–water partition coefficient (Wildman–Crippen LogP) is 3.64. The molecular formula is C23H23FN6O2S.